The first-order valence-electron chi connectivity index (χ1n) is 6.91. The van der Waals surface area contributed by atoms with Crippen LogP contribution in [0.2, 0.25) is 0 Å². The Morgan fingerprint density at radius 2 is 2.05 bits per heavy atom. The highest BCUT2D eigenvalue weighted by Crippen LogP contribution is 2.22. The monoisotopic (exact) mass is 350 g/mol. The number of carbonyl (C=O) groups excluding carboxylic acids is 1. The van der Waals surface area contributed by atoms with Crippen molar-refractivity contribution < 1.29 is 9.53 Å². The molecule has 0 saturated carbocycles. The van der Waals surface area contributed by atoms with Crippen LogP contribution in [0.1, 0.15) is 34.2 Å². The molecule has 0 fully saturated rings. The molecule has 0 aliphatic rings. The SMILES string of the molecule is CCc1c(C)nn(C(=O)COc2ccc(Br)cc2C)c1C. The molecule has 0 saturated heterocycles. The molecule has 0 aliphatic heterocycles. The third kappa shape index (κ3) is 3.35. The number of aryl methyl sites for hydroxylation is 2. The minimum atomic E-state index is -0.155. The van der Waals surface area contributed by atoms with Crippen LogP contribution in [0.25, 0.3) is 0 Å². The zero-order chi connectivity index (χ0) is 15.6. The van der Waals surface area contributed by atoms with Gasteiger partial charge >= 0.3 is 0 Å². The Kier molecular flexibility index (Phi) is 4.83. The molecular weight excluding hydrogens is 332 g/mol. The molecule has 1 aromatic carbocycles. The predicted octanol–water partition coefficient (Wildman–Crippen LogP) is 3.85. The quantitative estimate of drug-likeness (QED) is 0.840. The molecule has 112 valence electrons. The van der Waals surface area contributed by atoms with Crippen molar-refractivity contribution in [1.82, 2.24) is 9.78 Å². The van der Waals surface area contributed by atoms with E-state index in [0.717, 1.165) is 33.4 Å². The van der Waals surface area contributed by atoms with Crippen molar-refractivity contribution >= 4 is 21.8 Å². The summed E-state index contributed by atoms with van der Waals surface area (Å²) in [7, 11) is 0. The number of aromatic nitrogens is 2. The standard InChI is InChI=1S/C16H19BrN2O2/c1-5-14-11(3)18-19(12(14)4)16(20)9-21-15-7-6-13(17)8-10(15)2/h6-8H,5,9H2,1-4H3. The molecule has 0 spiro atoms. The highest BCUT2D eigenvalue weighted by Gasteiger charge is 2.16. The molecule has 1 heterocycles. The van der Waals surface area contributed by atoms with Gasteiger partial charge in [-0.2, -0.15) is 5.10 Å². The molecule has 5 heteroatoms. The third-order valence-electron chi connectivity index (χ3n) is 3.52. The van der Waals surface area contributed by atoms with Gasteiger partial charge in [-0.25, -0.2) is 4.68 Å². The van der Waals surface area contributed by atoms with Crippen molar-refractivity contribution in [2.45, 2.75) is 34.1 Å². The molecule has 2 rings (SSSR count). The van der Waals surface area contributed by atoms with Crippen molar-refractivity contribution in [2.75, 3.05) is 6.61 Å². The first kappa shape index (κ1) is 15.8. The molecule has 0 aliphatic carbocycles. The van der Waals surface area contributed by atoms with E-state index in [2.05, 4.69) is 28.0 Å². The first-order valence-corrected chi connectivity index (χ1v) is 7.70. The summed E-state index contributed by atoms with van der Waals surface area (Å²) in [4.78, 5) is 12.3. The summed E-state index contributed by atoms with van der Waals surface area (Å²) in [5.74, 6) is 0.557. The van der Waals surface area contributed by atoms with Gasteiger partial charge in [0.15, 0.2) is 6.61 Å². The van der Waals surface area contributed by atoms with Crippen LogP contribution in [0, 0.1) is 20.8 Å². The number of carbonyl (C=O) groups is 1. The van der Waals surface area contributed by atoms with E-state index in [9.17, 15) is 4.79 Å². The van der Waals surface area contributed by atoms with Gasteiger partial charge in [-0.05, 0) is 56.5 Å². The molecule has 2 aromatic rings. The second-order valence-electron chi connectivity index (χ2n) is 5.01. The highest BCUT2D eigenvalue weighted by atomic mass is 79.9. The lowest BCUT2D eigenvalue weighted by molar-refractivity contribution is 0.0817. The summed E-state index contributed by atoms with van der Waals surface area (Å²) in [6.07, 6.45) is 0.873. The van der Waals surface area contributed by atoms with Crippen LogP contribution in [0.4, 0.5) is 0 Å². The van der Waals surface area contributed by atoms with Gasteiger partial charge in [-0.15, -0.1) is 0 Å². The van der Waals surface area contributed by atoms with Gasteiger partial charge in [0, 0.05) is 10.2 Å². The van der Waals surface area contributed by atoms with Crippen molar-refractivity contribution in [2.24, 2.45) is 0 Å². The molecule has 21 heavy (non-hydrogen) atoms. The maximum Gasteiger partial charge on any atom is 0.284 e. The van der Waals surface area contributed by atoms with Gasteiger partial charge < -0.3 is 4.74 Å². The Morgan fingerprint density at radius 3 is 2.62 bits per heavy atom. The van der Waals surface area contributed by atoms with E-state index in [1.54, 1.807) is 0 Å². The van der Waals surface area contributed by atoms with E-state index in [0.29, 0.717) is 5.75 Å². The van der Waals surface area contributed by atoms with Crippen LogP contribution < -0.4 is 4.74 Å². The topological polar surface area (TPSA) is 44.1 Å². The Labute approximate surface area is 133 Å². The third-order valence-corrected chi connectivity index (χ3v) is 4.01. The van der Waals surface area contributed by atoms with E-state index in [-0.39, 0.29) is 12.5 Å². The van der Waals surface area contributed by atoms with Gasteiger partial charge in [-0.3, -0.25) is 4.79 Å². The highest BCUT2D eigenvalue weighted by molar-refractivity contribution is 9.10. The lowest BCUT2D eigenvalue weighted by Crippen LogP contribution is -2.22. The van der Waals surface area contributed by atoms with Gasteiger partial charge in [0.25, 0.3) is 5.91 Å². The Balaban J connectivity index is 2.12. The van der Waals surface area contributed by atoms with Crippen LogP contribution in [-0.2, 0) is 6.42 Å². The molecule has 0 radical (unpaired) electrons. The zero-order valence-electron chi connectivity index (χ0n) is 12.7. The minimum absolute atomic E-state index is 0.0203. The maximum absolute atomic E-state index is 12.3. The van der Waals surface area contributed by atoms with E-state index in [4.69, 9.17) is 4.74 Å². The van der Waals surface area contributed by atoms with Crippen LogP contribution in [0.15, 0.2) is 22.7 Å². The second-order valence-corrected chi connectivity index (χ2v) is 5.92. The number of hydrogen-bond donors (Lipinski definition) is 0. The normalized spacial score (nSPS) is 10.7. The number of benzene rings is 1. The largest absolute Gasteiger partial charge is 0.483 e. The molecule has 1 aromatic heterocycles. The Hall–Kier alpha value is -1.62. The second kappa shape index (κ2) is 6.43. The molecule has 0 amide bonds. The predicted molar refractivity (Wildman–Crippen MR) is 86.1 cm³/mol. The van der Waals surface area contributed by atoms with Crippen LogP contribution in [-0.4, -0.2) is 22.3 Å². The average Bonchev–Trinajstić information content (AvgIpc) is 2.72. The van der Waals surface area contributed by atoms with Gasteiger partial charge in [0.2, 0.25) is 0 Å². The summed E-state index contributed by atoms with van der Waals surface area (Å²) < 4.78 is 8.05. The fraction of sp³-hybridized carbons (Fsp3) is 0.375. The van der Waals surface area contributed by atoms with E-state index in [1.165, 1.54) is 4.68 Å². The lowest BCUT2D eigenvalue weighted by Gasteiger charge is -2.09. The number of halogens is 1. The van der Waals surface area contributed by atoms with Crippen molar-refractivity contribution in [3.05, 3.63) is 45.2 Å². The molecule has 0 unspecified atom stereocenters. The van der Waals surface area contributed by atoms with Gasteiger partial charge in [0.1, 0.15) is 5.75 Å². The van der Waals surface area contributed by atoms with E-state index < -0.39 is 0 Å². The smallest absolute Gasteiger partial charge is 0.284 e. The lowest BCUT2D eigenvalue weighted by atomic mass is 10.1. The van der Waals surface area contributed by atoms with Crippen molar-refractivity contribution in [1.29, 1.82) is 0 Å². The zero-order valence-corrected chi connectivity index (χ0v) is 14.3. The van der Waals surface area contributed by atoms with E-state index in [1.807, 2.05) is 39.0 Å². The maximum atomic E-state index is 12.3. The number of nitrogens with zero attached hydrogens (tertiary/aromatic N) is 2. The van der Waals surface area contributed by atoms with Crippen molar-refractivity contribution in [3.8, 4) is 5.75 Å². The number of ether oxygens (including phenoxy) is 1. The molecular formula is C16H19BrN2O2. The first-order chi connectivity index (χ1) is 9.93. The fourth-order valence-corrected chi connectivity index (χ4v) is 2.88. The Morgan fingerprint density at radius 1 is 1.33 bits per heavy atom. The molecule has 0 bridgehead atoms. The van der Waals surface area contributed by atoms with Crippen molar-refractivity contribution in [3.63, 3.8) is 0 Å². The Bertz CT molecular complexity index is 677. The molecule has 0 atom stereocenters. The summed E-state index contributed by atoms with van der Waals surface area (Å²) in [5, 5.41) is 4.31. The molecule has 4 nitrogen and oxygen atoms in total. The number of hydrogen-bond acceptors (Lipinski definition) is 3. The van der Waals surface area contributed by atoms with Gasteiger partial charge in [-0.1, -0.05) is 22.9 Å². The van der Waals surface area contributed by atoms with Gasteiger partial charge in [0.05, 0.1) is 5.69 Å². The minimum Gasteiger partial charge on any atom is -0.483 e. The average molecular weight is 351 g/mol. The number of rotatable bonds is 4. The summed E-state index contributed by atoms with van der Waals surface area (Å²) in [5.41, 5.74) is 3.92. The van der Waals surface area contributed by atoms with Crippen LogP contribution in [0.5, 0.6) is 5.75 Å². The van der Waals surface area contributed by atoms with Crippen LogP contribution >= 0.6 is 15.9 Å². The molecule has 0 N–H and O–H groups in total. The fourth-order valence-electron chi connectivity index (χ4n) is 2.40. The summed E-state index contributed by atoms with van der Waals surface area (Å²) in [6.45, 7) is 7.83. The summed E-state index contributed by atoms with van der Waals surface area (Å²) >= 11 is 3.40. The van der Waals surface area contributed by atoms with E-state index >= 15 is 0 Å². The van der Waals surface area contributed by atoms with Crippen LogP contribution in [0.3, 0.4) is 0 Å². The summed E-state index contributed by atoms with van der Waals surface area (Å²) in [6, 6.07) is 5.70.